The third kappa shape index (κ3) is 18.8. The molecule has 0 spiro atoms. The van der Waals surface area contributed by atoms with Gasteiger partial charge in [0.05, 0.1) is 193 Å². The molecule has 130 heavy (non-hydrogen) atoms. The van der Waals surface area contributed by atoms with E-state index in [1.165, 1.54) is 46.5 Å². The Bertz CT molecular complexity index is 5210. The van der Waals surface area contributed by atoms with Crippen LogP contribution in [-0.4, -0.2) is 156 Å². The molecular formula is C104H122F6N16O4. The molecule has 10 aromatic heterocycles. The van der Waals surface area contributed by atoms with Crippen LogP contribution in [0, 0.1) is 0 Å². The van der Waals surface area contributed by atoms with Gasteiger partial charge in [-0.05, 0) is 265 Å². The Balaban J connectivity index is 0.000000101. The van der Waals surface area contributed by atoms with E-state index in [0.717, 1.165) is 158 Å². The fourth-order valence-corrected chi connectivity index (χ4v) is 23.5. The van der Waals surface area contributed by atoms with Crippen LogP contribution in [0.15, 0.2) is 197 Å². The number of fused-ring (bicyclic) bond motifs is 18. The standard InChI is InChI=1S/2C18H21FN2.4C17H20FN3O/c2*19-18(9-4-1-5-10-18)11-8-16-14-6-2-3-7-15(14)17-12-20-13-21(16)17;4*18-17(6-3-12(22)4-7-17)8-5-14-16-13(2-1-9-20-16)15-10-19-11-21(14)15/h2*2-3,6-7,12-13,16H,1,4-5,8-11H2;4*1-2,9-12,14,22H,3-8H2. The molecule has 0 amide bonds. The van der Waals surface area contributed by atoms with Gasteiger partial charge in [0, 0.05) is 58.2 Å². The van der Waals surface area contributed by atoms with Gasteiger partial charge in [0.2, 0.25) is 0 Å². The molecule has 684 valence electrons. The number of rotatable bonds is 18. The molecule has 20 nitrogen and oxygen atoms in total. The first-order chi connectivity index (χ1) is 63.2. The summed E-state index contributed by atoms with van der Waals surface area (Å²) in [5.74, 6) is 0. The molecule has 6 unspecified atom stereocenters. The first-order valence-electron chi connectivity index (χ1n) is 48.2. The van der Waals surface area contributed by atoms with Crippen LogP contribution in [0.25, 0.3) is 67.5 Å². The summed E-state index contributed by atoms with van der Waals surface area (Å²) in [5, 5.41) is 38.3. The molecule has 2 aromatic carbocycles. The summed E-state index contributed by atoms with van der Waals surface area (Å²) >= 11 is 0. The Morgan fingerprint density at radius 1 is 0.246 bits per heavy atom. The van der Waals surface area contributed by atoms with E-state index in [1.807, 2.05) is 99.4 Å². The van der Waals surface area contributed by atoms with E-state index < -0.39 is 34.0 Å². The predicted molar refractivity (Wildman–Crippen MR) is 488 cm³/mol. The Labute approximate surface area is 757 Å². The highest BCUT2D eigenvalue weighted by molar-refractivity contribution is 5.72. The molecule has 6 aliphatic carbocycles. The summed E-state index contributed by atoms with van der Waals surface area (Å²) in [4.78, 5) is 43.5. The highest BCUT2D eigenvalue weighted by Gasteiger charge is 2.45. The Hall–Kier alpha value is -10.3. The van der Waals surface area contributed by atoms with Crippen molar-refractivity contribution < 1.29 is 46.8 Å². The molecule has 12 aromatic rings. The summed E-state index contributed by atoms with van der Waals surface area (Å²) in [5.41, 5.74) is 13.9. The highest BCUT2D eigenvalue weighted by Crippen LogP contribution is 2.52. The van der Waals surface area contributed by atoms with Crippen LogP contribution in [0.5, 0.6) is 0 Å². The van der Waals surface area contributed by atoms with Crippen LogP contribution in [-0.2, 0) is 0 Å². The van der Waals surface area contributed by atoms with Crippen LogP contribution in [0.2, 0.25) is 0 Å². The number of pyridine rings is 4. The maximum absolute atomic E-state index is 14.9. The number of hydrogen-bond donors (Lipinski definition) is 4. The van der Waals surface area contributed by atoms with E-state index in [-0.39, 0.29) is 60.7 Å². The molecular weight excluding hydrogens is 1650 g/mol. The van der Waals surface area contributed by atoms with Crippen molar-refractivity contribution in [1.29, 1.82) is 0 Å². The predicted octanol–water partition coefficient (Wildman–Crippen LogP) is 22.9. The van der Waals surface area contributed by atoms with Crippen molar-refractivity contribution in [3.8, 4) is 67.5 Å². The van der Waals surface area contributed by atoms with Crippen LogP contribution in [0.3, 0.4) is 0 Å². The van der Waals surface area contributed by atoms with Gasteiger partial charge in [0.25, 0.3) is 0 Å². The van der Waals surface area contributed by atoms with Crippen molar-refractivity contribution in [1.82, 2.24) is 77.2 Å². The second kappa shape index (κ2) is 38.1. The first kappa shape index (κ1) is 89.0. The normalized spacial score (nSPS) is 27.7. The summed E-state index contributed by atoms with van der Waals surface area (Å²) < 4.78 is 102. The second-order valence-corrected chi connectivity index (χ2v) is 39.3. The molecule has 0 saturated heterocycles. The van der Waals surface area contributed by atoms with Crippen LogP contribution in [0.4, 0.5) is 26.3 Å². The van der Waals surface area contributed by atoms with E-state index in [4.69, 9.17) is 0 Å². The number of aliphatic hydroxyl groups is 4. The molecule has 6 aliphatic heterocycles. The average molecular weight is 1770 g/mol. The number of halogens is 6. The van der Waals surface area contributed by atoms with Gasteiger partial charge >= 0.3 is 0 Å². The lowest BCUT2D eigenvalue weighted by Gasteiger charge is -2.32. The highest BCUT2D eigenvalue weighted by atomic mass is 19.2. The first-order valence-corrected chi connectivity index (χ1v) is 48.2. The van der Waals surface area contributed by atoms with Crippen LogP contribution < -0.4 is 0 Å². The molecule has 0 bridgehead atoms. The van der Waals surface area contributed by atoms with E-state index in [0.29, 0.717) is 141 Å². The van der Waals surface area contributed by atoms with Gasteiger partial charge in [-0.2, -0.15) is 0 Å². The number of hydrogen-bond acceptors (Lipinski definition) is 14. The molecule has 6 fully saturated rings. The molecule has 4 N–H and O–H groups in total. The molecule has 6 saturated carbocycles. The van der Waals surface area contributed by atoms with Crippen molar-refractivity contribution in [3.05, 3.63) is 231 Å². The van der Waals surface area contributed by atoms with E-state index in [9.17, 15) is 46.8 Å². The van der Waals surface area contributed by atoms with Gasteiger partial charge in [-0.25, -0.2) is 56.2 Å². The summed E-state index contributed by atoms with van der Waals surface area (Å²) in [7, 11) is 0. The molecule has 12 aliphatic rings. The van der Waals surface area contributed by atoms with E-state index in [1.54, 1.807) is 24.8 Å². The SMILES string of the molecule is FC1(CCC2c3ccccc3-c3cncn32)CCCCC1.FC1(CCC2c3ccccc3-c3cncn32)CCCCC1.OC1CCC(F)(CCC2c3ncccc3-c3cncn32)CC1.OC1CCC(F)(CCC2c3ncccc3-c3cncn32)CC1.OC1CCC(F)(CCC2c3ncccc3-c3cncn32)CC1.OC1CCC(F)(CCC2c3ncccc3-c3cncn32)CC1. The number of nitrogens with zero attached hydrogens (tertiary/aromatic N) is 16. The fraction of sp³-hybridized carbons (Fsp3) is 0.519. The quantitative estimate of drug-likeness (QED) is 0.0585. The van der Waals surface area contributed by atoms with Gasteiger partial charge in [-0.15, -0.1) is 0 Å². The van der Waals surface area contributed by atoms with Crippen LogP contribution >= 0.6 is 0 Å². The summed E-state index contributed by atoms with van der Waals surface area (Å²) in [6.45, 7) is 0. The second-order valence-electron chi connectivity index (χ2n) is 39.3. The fourth-order valence-electron chi connectivity index (χ4n) is 23.5. The van der Waals surface area contributed by atoms with Crippen molar-refractivity contribution in [3.63, 3.8) is 0 Å². The van der Waals surface area contributed by atoms with Crippen molar-refractivity contribution in [2.24, 2.45) is 0 Å². The minimum atomic E-state index is -1.14. The maximum Gasteiger partial charge on any atom is 0.111 e. The lowest BCUT2D eigenvalue weighted by molar-refractivity contribution is 0.0252. The number of aliphatic hydroxyl groups excluding tert-OH is 4. The summed E-state index contributed by atoms with van der Waals surface area (Å²) in [6.07, 6.45) is 54.1. The van der Waals surface area contributed by atoms with E-state index >= 15 is 0 Å². The third-order valence-corrected chi connectivity index (χ3v) is 31.0. The maximum atomic E-state index is 14.9. The molecule has 6 atom stereocenters. The third-order valence-electron chi connectivity index (χ3n) is 31.0. The van der Waals surface area contributed by atoms with Crippen molar-refractivity contribution >= 4 is 0 Å². The molecule has 0 radical (unpaired) electrons. The number of alkyl halides is 6. The minimum absolute atomic E-state index is 0.0770. The van der Waals surface area contributed by atoms with Gasteiger partial charge in [-0.3, -0.25) is 19.9 Å². The molecule has 24 rings (SSSR count). The van der Waals surface area contributed by atoms with Gasteiger partial charge in [0.1, 0.15) is 34.0 Å². The molecule has 16 heterocycles. The van der Waals surface area contributed by atoms with Gasteiger partial charge in [0.15, 0.2) is 0 Å². The lowest BCUT2D eigenvalue weighted by Crippen LogP contribution is -2.32. The Morgan fingerprint density at radius 2 is 0.446 bits per heavy atom. The lowest BCUT2D eigenvalue weighted by atomic mass is 9.81. The zero-order chi connectivity index (χ0) is 89.2. The van der Waals surface area contributed by atoms with Gasteiger partial charge < -0.3 is 47.8 Å². The summed E-state index contributed by atoms with van der Waals surface area (Å²) in [6, 6.07) is 33.7. The average Bonchev–Trinajstić information content (AvgIpc) is 1.63. The number of aromatic nitrogens is 16. The smallest absolute Gasteiger partial charge is 0.111 e. The molecule has 26 heteroatoms. The zero-order valence-electron chi connectivity index (χ0n) is 74.3. The van der Waals surface area contributed by atoms with Crippen LogP contribution in [0.1, 0.15) is 314 Å². The van der Waals surface area contributed by atoms with Crippen molar-refractivity contribution in [2.45, 2.75) is 339 Å². The Morgan fingerprint density at radius 3 is 0.692 bits per heavy atom. The number of benzene rings is 2. The van der Waals surface area contributed by atoms with E-state index in [2.05, 4.69) is 150 Å². The van der Waals surface area contributed by atoms with Gasteiger partial charge in [-0.1, -0.05) is 87.1 Å². The zero-order valence-corrected chi connectivity index (χ0v) is 74.3. The number of imidazole rings is 6. The topological polar surface area (TPSA) is 239 Å². The largest absolute Gasteiger partial charge is 0.393 e. The van der Waals surface area contributed by atoms with Crippen molar-refractivity contribution in [2.75, 3.05) is 0 Å². The monoisotopic (exact) mass is 1770 g/mol. The minimum Gasteiger partial charge on any atom is -0.393 e. The Kier molecular flexibility index (Phi) is 26.1.